The number of nitrogens with zero attached hydrogens (tertiary/aromatic N) is 1. The Bertz CT molecular complexity index is 1210. The van der Waals surface area contributed by atoms with Gasteiger partial charge in [0.2, 0.25) is 11.6 Å². The molecule has 1 heterocycles. The van der Waals surface area contributed by atoms with Crippen molar-refractivity contribution in [3.8, 4) is 11.4 Å². The smallest absolute Gasteiger partial charge is 0.442 e. The molecule has 0 unspecified atom stereocenters. The summed E-state index contributed by atoms with van der Waals surface area (Å²) < 4.78 is 11.6. The Kier molecular flexibility index (Phi) is 5.35. The topological polar surface area (TPSA) is 88.2 Å². The summed E-state index contributed by atoms with van der Waals surface area (Å²) in [5, 5.41) is 7.76. The Labute approximate surface area is 170 Å². The zero-order chi connectivity index (χ0) is 20.2. The van der Waals surface area contributed by atoms with Crippen molar-refractivity contribution < 1.29 is 18.7 Å². The number of aromatic amines is 1. The Morgan fingerprint density at radius 3 is 2.66 bits per heavy atom. The van der Waals surface area contributed by atoms with Crippen molar-refractivity contribution in [1.29, 1.82) is 0 Å². The van der Waals surface area contributed by atoms with E-state index in [0.29, 0.717) is 11.4 Å². The van der Waals surface area contributed by atoms with Crippen molar-refractivity contribution in [1.82, 2.24) is 5.27 Å². The van der Waals surface area contributed by atoms with Crippen LogP contribution < -0.4 is 20.4 Å². The van der Waals surface area contributed by atoms with Gasteiger partial charge in [0.15, 0.2) is 0 Å². The van der Waals surface area contributed by atoms with E-state index in [-0.39, 0.29) is 16.7 Å². The van der Waals surface area contributed by atoms with Crippen LogP contribution in [-0.4, -0.2) is 24.0 Å². The summed E-state index contributed by atoms with van der Waals surface area (Å²) >= 11 is 1.10. The standard InChI is InChI=1S/C21H17N3O4S/c1-27-16-11-9-15(10-12-16)24-20(21(26)28-23-24)29-13-19(25)22-18-8-4-6-14-5-2-3-7-17(14)18/h2-12H,13H2,1H3,(H-,22,23,25,26)/p+1. The van der Waals surface area contributed by atoms with E-state index in [1.165, 1.54) is 4.68 Å². The molecule has 7 nitrogen and oxygen atoms in total. The molecular formula is C21H18N3O4S+. The molecule has 0 aliphatic carbocycles. The van der Waals surface area contributed by atoms with Crippen molar-refractivity contribution in [3.05, 3.63) is 77.2 Å². The van der Waals surface area contributed by atoms with Gasteiger partial charge in [-0.05, 0) is 45.3 Å². The molecule has 29 heavy (non-hydrogen) atoms. The second-order valence-corrected chi connectivity index (χ2v) is 7.15. The number of benzene rings is 3. The van der Waals surface area contributed by atoms with E-state index in [2.05, 4.69) is 10.6 Å². The van der Waals surface area contributed by atoms with Crippen LogP contribution >= 0.6 is 11.8 Å². The molecule has 0 saturated carbocycles. The highest BCUT2D eigenvalue weighted by Gasteiger charge is 2.25. The van der Waals surface area contributed by atoms with Gasteiger partial charge >= 0.3 is 10.7 Å². The SMILES string of the molecule is COc1ccc(-[n+]2[nH]oc(=O)c2SCC(=O)Nc2cccc3ccccc23)cc1. The summed E-state index contributed by atoms with van der Waals surface area (Å²) in [6.45, 7) is 0. The van der Waals surface area contributed by atoms with E-state index < -0.39 is 5.63 Å². The molecule has 0 atom stereocenters. The average Bonchev–Trinajstić information content (AvgIpc) is 3.13. The molecule has 146 valence electrons. The summed E-state index contributed by atoms with van der Waals surface area (Å²) in [4.78, 5) is 24.6. The van der Waals surface area contributed by atoms with Crippen molar-refractivity contribution in [2.75, 3.05) is 18.2 Å². The van der Waals surface area contributed by atoms with Gasteiger partial charge in [-0.1, -0.05) is 36.4 Å². The molecular weight excluding hydrogens is 390 g/mol. The minimum Gasteiger partial charge on any atom is -0.497 e. The maximum Gasteiger partial charge on any atom is 0.442 e. The summed E-state index contributed by atoms with van der Waals surface area (Å²) in [7, 11) is 1.58. The van der Waals surface area contributed by atoms with Gasteiger partial charge in [0.1, 0.15) is 5.75 Å². The van der Waals surface area contributed by atoms with E-state index in [0.717, 1.165) is 28.2 Å². The van der Waals surface area contributed by atoms with Crippen LogP contribution in [-0.2, 0) is 4.79 Å². The lowest BCUT2D eigenvalue weighted by molar-refractivity contribution is -0.704. The number of thioether (sulfide) groups is 1. The molecule has 2 N–H and O–H groups in total. The summed E-state index contributed by atoms with van der Waals surface area (Å²) in [5.74, 6) is 0.541. The molecule has 0 bridgehead atoms. The number of nitrogens with one attached hydrogen (secondary N) is 2. The van der Waals surface area contributed by atoms with Gasteiger partial charge in [-0.15, -0.1) is 0 Å². The second-order valence-electron chi connectivity index (χ2n) is 6.18. The van der Waals surface area contributed by atoms with Crippen LogP contribution in [0, 0.1) is 0 Å². The predicted molar refractivity (Wildman–Crippen MR) is 111 cm³/mol. The largest absolute Gasteiger partial charge is 0.497 e. The molecule has 0 aliphatic heterocycles. The summed E-state index contributed by atoms with van der Waals surface area (Å²) in [6.07, 6.45) is 0. The van der Waals surface area contributed by atoms with Crippen molar-refractivity contribution in [3.63, 3.8) is 0 Å². The van der Waals surface area contributed by atoms with Gasteiger partial charge in [-0.2, -0.15) is 0 Å². The molecule has 0 radical (unpaired) electrons. The Hall–Kier alpha value is -3.52. The molecule has 1 amide bonds. The molecule has 3 aromatic carbocycles. The van der Waals surface area contributed by atoms with Crippen molar-refractivity contribution in [2.45, 2.75) is 5.03 Å². The number of hydrogen-bond donors (Lipinski definition) is 2. The molecule has 0 spiro atoms. The van der Waals surface area contributed by atoms with Gasteiger partial charge in [0, 0.05) is 23.2 Å². The number of rotatable bonds is 6. The molecule has 0 saturated heterocycles. The number of carbonyl (C=O) groups is 1. The van der Waals surface area contributed by atoms with Crippen molar-refractivity contribution >= 4 is 34.1 Å². The maximum atomic E-state index is 12.5. The Balaban J connectivity index is 1.49. The van der Waals surface area contributed by atoms with Crippen LogP contribution in [0.25, 0.3) is 16.5 Å². The van der Waals surface area contributed by atoms with E-state index in [4.69, 9.17) is 9.26 Å². The maximum absolute atomic E-state index is 12.5. The van der Waals surface area contributed by atoms with Gasteiger partial charge in [-0.25, -0.2) is 4.79 Å². The molecule has 0 fully saturated rings. The third-order valence-corrected chi connectivity index (χ3v) is 5.37. The Morgan fingerprint density at radius 2 is 1.86 bits per heavy atom. The van der Waals surface area contributed by atoms with Gasteiger partial charge in [0.25, 0.3) is 0 Å². The van der Waals surface area contributed by atoms with E-state index in [1.54, 1.807) is 31.4 Å². The number of anilines is 1. The van der Waals surface area contributed by atoms with Crippen LogP contribution in [0.4, 0.5) is 5.69 Å². The fourth-order valence-electron chi connectivity index (χ4n) is 2.94. The van der Waals surface area contributed by atoms with E-state index in [1.807, 2.05) is 42.5 Å². The molecule has 0 aliphatic rings. The van der Waals surface area contributed by atoms with Crippen LogP contribution in [0.2, 0.25) is 0 Å². The third kappa shape index (κ3) is 4.02. The zero-order valence-electron chi connectivity index (χ0n) is 15.5. The first-order valence-corrected chi connectivity index (χ1v) is 9.82. The molecule has 8 heteroatoms. The van der Waals surface area contributed by atoms with Crippen LogP contribution in [0.5, 0.6) is 5.75 Å². The number of aromatic nitrogens is 2. The minimum atomic E-state index is -0.538. The summed E-state index contributed by atoms with van der Waals surface area (Å²) in [6, 6.07) is 20.7. The van der Waals surface area contributed by atoms with Crippen molar-refractivity contribution in [2.24, 2.45) is 0 Å². The number of methoxy groups -OCH3 is 1. The Morgan fingerprint density at radius 1 is 1.10 bits per heavy atom. The van der Waals surface area contributed by atoms with E-state index >= 15 is 0 Å². The normalized spacial score (nSPS) is 10.8. The lowest BCUT2D eigenvalue weighted by Gasteiger charge is -2.07. The first kappa shape index (κ1) is 18.8. The van der Waals surface area contributed by atoms with Gasteiger partial charge in [-0.3, -0.25) is 9.32 Å². The molecule has 4 aromatic rings. The molecule has 4 rings (SSSR count). The predicted octanol–water partition coefficient (Wildman–Crippen LogP) is 3.14. The van der Waals surface area contributed by atoms with Gasteiger partial charge in [0.05, 0.1) is 12.9 Å². The highest BCUT2D eigenvalue weighted by atomic mass is 32.2. The number of ether oxygens (including phenoxy) is 1. The van der Waals surface area contributed by atoms with E-state index in [9.17, 15) is 9.59 Å². The lowest BCUT2D eigenvalue weighted by Crippen LogP contribution is -2.36. The quantitative estimate of drug-likeness (QED) is 0.378. The lowest BCUT2D eigenvalue weighted by atomic mass is 10.1. The molecule has 1 aromatic heterocycles. The minimum absolute atomic E-state index is 0.0575. The monoisotopic (exact) mass is 408 g/mol. The summed E-state index contributed by atoms with van der Waals surface area (Å²) in [5.41, 5.74) is 0.884. The number of carbonyl (C=O) groups excluding carboxylic acids is 1. The highest BCUT2D eigenvalue weighted by molar-refractivity contribution is 7.99. The average molecular weight is 408 g/mol. The number of amides is 1. The third-order valence-electron chi connectivity index (χ3n) is 4.34. The van der Waals surface area contributed by atoms with Crippen LogP contribution in [0.15, 0.2) is 81.1 Å². The van der Waals surface area contributed by atoms with Crippen LogP contribution in [0.3, 0.4) is 0 Å². The van der Waals surface area contributed by atoms with Crippen LogP contribution in [0.1, 0.15) is 0 Å². The fourth-order valence-corrected chi connectivity index (χ4v) is 3.71. The van der Waals surface area contributed by atoms with Gasteiger partial charge < -0.3 is 10.1 Å². The number of H-pyrrole nitrogens is 1. The first-order chi connectivity index (χ1) is 14.2. The fraction of sp³-hybridized carbons (Fsp3) is 0.0952. The number of fused-ring (bicyclic) bond motifs is 1. The highest BCUT2D eigenvalue weighted by Crippen LogP contribution is 2.23. The number of hydrogen-bond acceptors (Lipinski definition) is 5. The second kappa shape index (κ2) is 8.24. The first-order valence-electron chi connectivity index (χ1n) is 8.84. The zero-order valence-corrected chi connectivity index (χ0v) is 16.4.